The lowest BCUT2D eigenvalue weighted by molar-refractivity contribution is 0.0955. The average molecular weight is 480 g/mol. The van der Waals surface area contributed by atoms with E-state index in [1.807, 2.05) is 30.3 Å². The number of thioether (sulfide) groups is 1. The number of fused-ring (bicyclic) bond motifs is 1. The molecule has 0 saturated heterocycles. The van der Waals surface area contributed by atoms with Gasteiger partial charge in [-0.3, -0.25) is 4.79 Å². The maximum atomic E-state index is 12.4. The molecule has 9 heteroatoms. The summed E-state index contributed by atoms with van der Waals surface area (Å²) in [6.07, 6.45) is 1.45. The monoisotopic (exact) mass is 479 g/mol. The summed E-state index contributed by atoms with van der Waals surface area (Å²) >= 11 is 3.36. The molecule has 4 aromatic rings. The number of benzene rings is 3. The number of hydrazone groups is 1. The molecule has 0 unspecified atom stereocenters. The van der Waals surface area contributed by atoms with Crippen molar-refractivity contribution in [3.05, 3.63) is 77.4 Å². The number of methoxy groups -OCH3 is 2. The normalized spacial score (nSPS) is 11.1. The summed E-state index contributed by atoms with van der Waals surface area (Å²) in [4.78, 5) is 17.0. The number of ether oxygens (including phenoxy) is 2. The number of hydrogen-bond acceptors (Lipinski definition) is 8. The van der Waals surface area contributed by atoms with Crippen LogP contribution in [0.25, 0.3) is 10.2 Å². The van der Waals surface area contributed by atoms with E-state index in [-0.39, 0.29) is 23.2 Å². The van der Waals surface area contributed by atoms with Gasteiger partial charge in [0.2, 0.25) is 5.75 Å². The van der Waals surface area contributed by atoms with E-state index in [1.165, 1.54) is 25.1 Å². The van der Waals surface area contributed by atoms with Gasteiger partial charge in [-0.25, -0.2) is 10.4 Å². The van der Waals surface area contributed by atoms with E-state index in [9.17, 15) is 9.90 Å². The molecule has 2 N–H and O–H groups in total. The van der Waals surface area contributed by atoms with Crippen LogP contribution >= 0.6 is 23.1 Å². The van der Waals surface area contributed by atoms with Crippen LogP contribution < -0.4 is 14.9 Å². The van der Waals surface area contributed by atoms with E-state index in [4.69, 9.17) is 9.47 Å². The number of phenols is 1. The molecule has 0 spiro atoms. The van der Waals surface area contributed by atoms with E-state index >= 15 is 0 Å². The summed E-state index contributed by atoms with van der Waals surface area (Å²) in [7, 11) is 2.89. The summed E-state index contributed by atoms with van der Waals surface area (Å²) in [5.41, 5.74) is 5.72. The summed E-state index contributed by atoms with van der Waals surface area (Å²) in [5, 5.41) is 14.0. The van der Waals surface area contributed by atoms with Gasteiger partial charge in [-0.15, -0.1) is 11.3 Å². The Morgan fingerprint density at radius 2 is 1.82 bits per heavy atom. The highest BCUT2D eigenvalue weighted by Crippen LogP contribution is 2.36. The van der Waals surface area contributed by atoms with Gasteiger partial charge in [0.1, 0.15) is 0 Å². The van der Waals surface area contributed by atoms with Crippen molar-refractivity contribution in [1.29, 1.82) is 0 Å². The van der Waals surface area contributed by atoms with Crippen molar-refractivity contribution in [3.8, 4) is 17.2 Å². The Morgan fingerprint density at radius 1 is 1.12 bits per heavy atom. The fourth-order valence-electron chi connectivity index (χ4n) is 3.03. The van der Waals surface area contributed by atoms with Gasteiger partial charge in [-0.05, 0) is 42.0 Å². The van der Waals surface area contributed by atoms with Crippen LogP contribution in [0.4, 0.5) is 0 Å². The molecule has 0 aliphatic carbocycles. The zero-order chi connectivity index (χ0) is 23.2. The number of thiazole rings is 1. The zero-order valence-corrected chi connectivity index (χ0v) is 19.6. The molecule has 33 heavy (non-hydrogen) atoms. The smallest absolute Gasteiger partial charge is 0.271 e. The second-order valence-corrected chi connectivity index (χ2v) is 9.16. The van der Waals surface area contributed by atoms with Crippen LogP contribution in [0.15, 0.2) is 70.1 Å². The molecule has 3 aromatic carbocycles. The average Bonchev–Trinajstić information content (AvgIpc) is 3.27. The van der Waals surface area contributed by atoms with Crippen LogP contribution in [0.1, 0.15) is 21.5 Å². The Balaban J connectivity index is 1.34. The first kappa shape index (κ1) is 22.6. The first-order valence-corrected chi connectivity index (χ1v) is 11.7. The van der Waals surface area contributed by atoms with Gasteiger partial charge >= 0.3 is 0 Å². The first-order chi connectivity index (χ1) is 16.1. The number of hydrogen-bond donors (Lipinski definition) is 2. The van der Waals surface area contributed by atoms with Crippen LogP contribution in [-0.4, -0.2) is 36.4 Å². The van der Waals surface area contributed by atoms with E-state index in [0.717, 1.165) is 21.2 Å². The molecule has 0 aliphatic heterocycles. The molecule has 0 radical (unpaired) electrons. The third-order valence-electron chi connectivity index (χ3n) is 4.73. The third kappa shape index (κ3) is 5.44. The molecule has 0 bridgehead atoms. The topological polar surface area (TPSA) is 93.0 Å². The van der Waals surface area contributed by atoms with Gasteiger partial charge in [0.15, 0.2) is 15.8 Å². The maximum Gasteiger partial charge on any atom is 0.271 e. The highest BCUT2D eigenvalue weighted by atomic mass is 32.2. The van der Waals surface area contributed by atoms with E-state index in [1.54, 1.807) is 47.4 Å². The van der Waals surface area contributed by atoms with Crippen LogP contribution in [0.2, 0.25) is 0 Å². The van der Waals surface area contributed by atoms with Crippen molar-refractivity contribution in [2.45, 2.75) is 10.1 Å². The number of carbonyl (C=O) groups is 1. The van der Waals surface area contributed by atoms with Gasteiger partial charge < -0.3 is 14.6 Å². The number of carbonyl (C=O) groups excluding carboxylic acids is 1. The molecule has 4 rings (SSSR count). The Kier molecular flexibility index (Phi) is 7.11. The zero-order valence-electron chi connectivity index (χ0n) is 17.9. The minimum absolute atomic E-state index is 0.0948. The van der Waals surface area contributed by atoms with Crippen molar-refractivity contribution in [3.63, 3.8) is 0 Å². The molecule has 0 saturated carbocycles. The number of nitrogens with one attached hydrogen (secondary N) is 1. The second kappa shape index (κ2) is 10.4. The van der Waals surface area contributed by atoms with Gasteiger partial charge in [-0.1, -0.05) is 36.0 Å². The summed E-state index contributed by atoms with van der Waals surface area (Å²) in [5.74, 6) is 0.851. The van der Waals surface area contributed by atoms with Crippen LogP contribution in [0.5, 0.6) is 17.2 Å². The molecule has 1 amide bonds. The van der Waals surface area contributed by atoms with Crippen LogP contribution in [0, 0.1) is 0 Å². The molecular weight excluding hydrogens is 458 g/mol. The fourth-order valence-corrected chi connectivity index (χ4v) is 5.05. The fraction of sp³-hybridized carbons (Fsp3) is 0.125. The third-order valence-corrected chi connectivity index (χ3v) is 6.99. The van der Waals surface area contributed by atoms with Crippen LogP contribution in [0.3, 0.4) is 0 Å². The molecule has 168 valence electrons. The quantitative estimate of drug-likeness (QED) is 0.208. The maximum absolute atomic E-state index is 12.4. The lowest BCUT2D eigenvalue weighted by Gasteiger charge is -2.09. The highest BCUT2D eigenvalue weighted by molar-refractivity contribution is 8.00. The second-order valence-electron chi connectivity index (χ2n) is 6.91. The molecule has 1 heterocycles. The van der Waals surface area contributed by atoms with Crippen LogP contribution in [-0.2, 0) is 5.75 Å². The van der Waals surface area contributed by atoms with Gasteiger partial charge in [0.05, 0.1) is 30.7 Å². The minimum atomic E-state index is -0.325. The Hall–Kier alpha value is -3.56. The van der Waals surface area contributed by atoms with Crippen molar-refractivity contribution in [2.24, 2.45) is 5.10 Å². The predicted molar refractivity (Wildman–Crippen MR) is 132 cm³/mol. The Labute approximate surface area is 199 Å². The van der Waals surface area contributed by atoms with Crippen molar-refractivity contribution in [1.82, 2.24) is 10.4 Å². The number of rotatable bonds is 8. The Bertz CT molecular complexity index is 1240. The number of amides is 1. The molecule has 1 aromatic heterocycles. The largest absolute Gasteiger partial charge is 0.502 e. The van der Waals surface area contributed by atoms with E-state index in [0.29, 0.717) is 11.1 Å². The lowest BCUT2D eigenvalue weighted by Crippen LogP contribution is -2.17. The standard InChI is InChI=1S/C24H21N3O4S2/c1-30-19-11-16(12-20(31-2)22(19)28)13-25-27-23(29)17-9-7-15(8-10-17)14-32-24-26-18-5-3-4-6-21(18)33-24/h3-13,28H,14H2,1-2H3,(H,27,29)/b25-13+. The van der Waals surface area contributed by atoms with Crippen molar-refractivity contribution >= 4 is 45.4 Å². The van der Waals surface area contributed by atoms with Crippen molar-refractivity contribution in [2.75, 3.05) is 14.2 Å². The SMILES string of the molecule is COc1cc(/C=N/NC(=O)c2ccc(CSc3nc4ccccc4s3)cc2)cc(OC)c1O. The Morgan fingerprint density at radius 3 is 2.48 bits per heavy atom. The van der Waals surface area contributed by atoms with E-state index < -0.39 is 0 Å². The first-order valence-electron chi connectivity index (χ1n) is 9.93. The predicted octanol–water partition coefficient (Wildman–Crippen LogP) is 5.08. The molecule has 0 fully saturated rings. The van der Waals surface area contributed by atoms with Crippen molar-refractivity contribution < 1.29 is 19.4 Å². The molecule has 0 atom stereocenters. The number of aromatic nitrogens is 1. The van der Waals surface area contributed by atoms with Gasteiger partial charge in [-0.2, -0.15) is 5.10 Å². The van der Waals surface area contributed by atoms with E-state index in [2.05, 4.69) is 21.6 Å². The van der Waals surface area contributed by atoms with Gasteiger partial charge in [0.25, 0.3) is 5.91 Å². The summed E-state index contributed by atoms with van der Waals surface area (Å²) in [6, 6.07) is 18.7. The minimum Gasteiger partial charge on any atom is -0.502 e. The lowest BCUT2D eigenvalue weighted by atomic mass is 10.1. The molecule has 7 nitrogen and oxygen atoms in total. The summed E-state index contributed by atoms with van der Waals surface area (Å²) in [6.45, 7) is 0. The number of phenolic OH excluding ortho intramolecular Hbond substituents is 1. The molecule has 0 aliphatic rings. The summed E-state index contributed by atoms with van der Waals surface area (Å²) < 4.78 is 12.4. The number of aromatic hydroxyl groups is 1. The highest BCUT2D eigenvalue weighted by Gasteiger charge is 2.11. The molecular formula is C24H21N3O4S2. The number of para-hydroxylation sites is 1. The number of nitrogens with zero attached hydrogens (tertiary/aromatic N) is 2. The van der Waals surface area contributed by atoms with Gasteiger partial charge in [0, 0.05) is 16.9 Å².